The predicted octanol–water partition coefficient (Wildman–Crippen LogP) is 1.51. The van der Waals surface area contributed by atoms with E-state index in [-0.39, 0.29) is 10.9 Å². The molecule has 0 aromatic heterocycles. The third-order valence-electron chi connectivity index (χ3n) is 3.39. The normalized spacial score (nSPS) is 20.9. The monoisotopic (exact) mass is 286 g/mol. The van der Waals surface area contributed by atoms with Crippen molar-refractivity contribution in [3.05, 3.63) is 29.6 Å². The van der Waals surface area contributed by atoms with Crippen molar-refractivity contribution in [2.45, 2.75) is 30.7 Å². The van der Waals surface area contributed by atoms with Gasteiger partial charge in [0, 0.05) is 19.1 Å². The van der Waals surface area contributed by atoms with E-state index < -0.39 is 15.8 Å². The van der Waals surface area contributed by atoms with Crippen LogP contribution in [0.15, 0.2) is 23.1 Å². The molecule has 1 aliphatic rings. The Labute approximate surface area is 113 Å². The number of benzene rings is 1. The second-order valence-corrected chi connectivity index (χ2v) is 6.82. The van der Waals surface area contributed by atoms with E-state index in [0.717, 1.165) is 18.9 Å². The smallest absolute Gasteiger partial charge is 0.243 e. The highest BCUT2D eigenvalue weighted by molar-refractivity contribution is 7.89. The van der Waals surface area contributed by atoms with E-state index >= 15 is 0 Å². The maximum absolute atomic E-state index is 13.4. The molecule has 2 rings (SSSR count). The molecule has 4 nitrogen and oxygen atoms in total. The van der Waals surface area contributed by atoms with Gasteiger partial charge in [-0.15, -0.1) is 0 Å². The molecule has 1 N–H and O–H groups in total. The van der Waals surface area contributed by atoms with Gasteiger partial charge in [-0.1, -0.05) is 0 Å². The first-order chi connectivity index (χ1) is 8.95. The van der Waals surface area contributed by atoms with Crippen LogP contribution in [0.2, 0.25) is 0 Å². The SMILES string of the molecule is CNC[C@H]1CCCN1S(=O)(=O)c1cc(C)cc(F)c1. The number of hydrogen-bond acceptors (Lipinski definition) is 3. The summed E-state index contributed by atoms with van der Waals surface area (Å²) in [7, 11) is -1.80. The quantitative estimate of drug-likeness (QED) is 0.912. The van der Waals surface area contributed by atoms with Crippen LogP contribution in [0.1, 0.15) is 18.4 Å². The van der Waals surface area contributed by atoms with Gasteiger partial charge in [-0.2, -0.15) is 4.31 Å². The number of likely N-dealkylation sites (N-methyl/N-ethyl adjacent to an activating group) is 1. The lowest BCUT2D eigenvalue weighted by Crippen LogP contribution is -2.40. The fourth-order valence-corrected chi connectivity index (χ4v) is 4.36. The molecular formula is C13H19FN2O2S. The Morgan fingerprint density at radius 2 is 2.16 bits per heavy atom. The molecule has 0 unspecified atom stereocenters. The fourth-order valence-electron chi connectivity index (χ4n) is 2.55. The van der Waals surface area contributed by atoms with Crippen LogP contribution in [0.5, 0.6) is 0 Å². The second-order valence-electron chi connectivity index (χ2n) is 4.93. The number of halogens is 1. The van der Waals surface area contributed by atoms with Gasteiger partial charge in [0.05, 0.1) is 4.90 Å². The molecule has 1 fully saturated rings. The Hall–Kier alpha value is -0.980. The van der Waals surface area contributed by atoms with Gasteiger partial charge in [-0.25, -0.2) is 12.8 Å². The zero-order chi connectivity index (χ0) is 14.0. The summed E-state index contributed by atoms with van der Waals surface area (Å²) in [4.78, 5) is 0.0491. The van der Waals surface area contributed by atoms with Crippen molar-refractivity contribution in [2.24, 2.45) is 0 Å². The number of sulfonamides is 1. The Morgan fingerprint density at radius 1 is 1.42 bits per heavy atom. The molecule has 0 aliphatic carbocycles. The molecule has 1 aromatic carbocycles. The van der Waals surface area contributed by atoms with Crippen LogP contribution in [0.25, 0.3) is 0 Å². The summed E-state index contributed by atoms with van der Waals surface area (Å²) in [6.07, 6.45) is 1.69. The summed E-state index contributed by atoms with van der Waals surface area (Å²) in [5.41, 5.74) is 0.614. The number of hydrogen-bond donors (Lipinski definition) is 1. The minimum Gasteiger partial charge on any atom is -0.318 e. The van der Waals surface area contributed by atoms with E-state index in [0.29, 0.717) is 18.7 Å². The molecule has 1 aliphatic heterocycles. The highest BCUT2D eigenvalue weighted by Crippen LogP contribution is 2.26. The van der Waals surface area contributed by atoms with E-state index in [1.165, 1.54) is 16.4 Å². The van der Waals surface area contributed by atoms with Crippen LogP contribution in [0.3, 0.4) is 0 Å². The van der Waals surface area contributed by atoms with Gasteiger partial charge in [0.25, 0.3) is 0 Å². The first-order valence-electron chi connectivity index (χ1n) is 6.39. The van der Waals surface area contributed by atoms with E-state index in [9.17, 15) is 12.8 Å². The molecule has 0 bridgehead atoms. The predicted molar refractivity (Wildman–Crippen MR) is 72.0 cm³/mol. The maximum atomic E-state index is 13.4. The van der Waals surface area contributed by atoms with Crippen molar-refractivity contribution in [3.63, 3.8) is 0 Å². The van der Waals surface area contributed by atoms with Crippen LogP contribution in [0, 0.1) is 12.7 Å². The lowest BCUT2D eigenvalue weighted by molar-refractivity contribution is 0.379. The molecule has 19 heavy (non-hydrogen) atoms. The summed E-state index contributed by atoms with van der Waals surface area (Å²) in [6, 6.07) is 3.90. The molecule has 0 radical (unpaired) electrons. The van der Waals surface area contributed by atoms with Gasteiger partial charge >= 0.3 is 0 Å². The van der Waals surface area contributed by atoms with Crippen molar-refractivity contribution in [1.82, 2.24) is 9.62 Å². The maximum Gasteiger partial charge on any atom is 0.243 e. The molecule has 1 aromatic rings. The lowest BCUT2D eigenvalue weighted by Gasteiger charge is -2.24. The molecular weight excluding hydrogens is 267 g/mol. The lowest BCUT2D eigenvalue weighted by atomic mass is 10.2. The zero-order valence-electron chi connectivity index (χ0n) is 11.2. The third kappa shape index (κ3) is 2.96. The van der Waals surface area contributed by atoms with Crippen molar-refractivity contribution < 1.29 is 12.8 Å². The molecule has 1 atom stereocenters. The Bertz CT molecular complexity index is 540. The Balaban J connectivity index is 2.36. The molecule has 0 saturated carbocycles. The van der Waals surface area contributed by atoms with Crippen LogP contribution in [-0.4, -0.2) is 38.9 Å². The van der Waals surface area contributed by atoms with Gasteiger partial charge in [0.15, 0.2) is 0 Å². The topological polar surface area (TPSA) is 49.4 Å². The van der Waals surface area contributed by atoms with Gasteiger partial charge in [0.1, 0.15) is 5.82 Å². The van der Waals surface area contributed by atoms with E-state index in [1.54, 1.807) is 14.0 Å². The number of nitrogens with one attached hydrogen (secondary N) is 1. The van der Waals surface area contributed by atoms with Crippen molar-refractivity contribution >= 4 is 10.0 Å². The average Bonchev–Trinajstić information content (AvgIpc) is 2.77. The van der Waals surface area contributed by atoms with Crippen LogP contribution < -0.4 is 5.32 Å². The van der Waals surface area contributed by atoms with Crippen molar-refractivity contribution in [1.29, 1.82) is 0 Å². The molecule has 106 valence electrons. The van der Waals surface area contributed by atoms with Crippen LogP contribution in [-0.2, 0) is 10.0 Å². The second kappa shape index (κ2) is 5.56. The fraction of sp³-hybridized carbons (Fsp3) is 0.538. The van der Waals surface area contributed by atoms with Crippen molar-refractivity contribution in [2.75, 3.05) is 20.1 Å². The number of aryl methyl sites for hydroxylation is 1. The molecule has 0 amide bonds. The van der Waals surface area contributed by atoms with Crippen LogP contribution in [0.4, 0.5) is 4.39 Å². The number of nitrogens with zero attached hydrogens (tertiary/aromatic N) is 1. The van der Waals surface area contributed by atoms with Gasteiger partial charge in [0.2, 0.25) is 10.0 Å². The van der Waals surface area contributed by atoms with E-state index in [4.69, 9.17) is 0 Å². The molecule has 6 heteroatoms. The summed E-state index contributed by atoms with van der Waals surface area (Å²) in [6.45, 7) is 2.81. The Kier molecular flexibility index (Phi) is 4.23. The molecule has 1 heterocycles. The molecule has 1 saturated heterocycles. The summed E-state index contributed by atoms with van der Waals surface area (Å²) < 4.78 is 40.0. The standard InChI is InChI=1S/C13H19FN2O2S/c1-10-6-11(14)8-13(7-10)19(17,18)16-5-3-4-12(16)9-15-2/h6-8,12,15H,3-5,9H2,1-2H3/t12-/m1/s1. The average molecular weight is 286 g/mol. The highest BCUT2D eigenvalue weighted by Gasteiger charge is 2.35. The van der Waals surface area contributed by atoms with E-state index in [1.807, 2.05) is 0 Å². The minimum absolute atomic E-state index is 0.0430. The van der Waals surface area contributed by atoms with Crippen molar-refractivity contribution in [3.8, 4) is 0 Å². The Morgan fingerprint density at radius 3 is 2.79 bits per heavy atom. The zero-order valence-corrected chi connectivity index (χ0v) is 12.0. The summed E-state index contributed by atoms with van der Waals surface area (Å²) >= 11 is 0. The number of rotatable bonds is 4. The third-order valence-corrected chi connectivity index (χ3v) is 5.31. The summed E-state index contributed by atoms with van der Waals surface area (Å²) in [5, 5.41) is 3.01. The largest absolute Gasteiger partial charge is 0.318 e. The highest BCUT2D eigenvalue weighted by atomic mass is 32.2. The van der Waals surface area contributed by atoms with E-state index in [2.05, 4.69) is 5.32 Å². The first kappa shape index (κ1) is 14.4. The minimum atomic E-state index is -3.60. The molecule has 0 spiro atoms. The first-order valence-corrected chi connectivity index (χ1v) is 7.83. The van der Waals surface area contributed by atoms with Gasteiger partial charge < -0.3 is 5.32 Å². The van der Waals surface area contributed by atoms with Gasteiger partial charge in [-0.05, 0) is 50.6 Å². The van der Waals surface area contributed by atoms with Crippen LogP contribution >= 0.6 is 0 Å². The summed E-state index contributed by atoms with van der Waals surface area (Å²) in [5.74, 6) is -0.511. The van der Waals surface area contributed by atoms with Gasteiger partial charge in [-0.3, -0.25) is 0 Å².